The van der Waals surface area contributed by atoms with E-state index in [1.165, 1.54) is 0 Å². The Hall–Kier alpha value is -1.95. The van der Waals surface area contributed by atoms with E-state index in [1.807, 2.05) is 39.0 Å². The second kappa shape index (κ2) is 6.87. The maximum Gasteiger partial charge on any atom is 0.407 e. The Morgan fingerprint density at radius 2 is 2.05 bits per heavy atom. The second-order valence-electron chi connectivity index (χ2n) is 6.34. The van der Waals surface area contributed by atoms with Gasteiger partial charge in [0, 0.05) is 31.0 Å². The summed E-state index contributed by atoms with van der Waals surface area (Å²) in [5.41, 5.74) is 8.11. The van der Waals surface area contributed by atoms with Gasteiger partial charge in [0.15, 0.2) is 0 Å². The molecule has 0 unspecified atom stereocenters. The van der Waals surface area contributed by atoms with Crippen LogP contribution in [-0.2, 0) is 16.0 Å². The molecule has 22 heavy (non-hydrogen) atoms. The fraction of sp³-hybridized carbons (Fsp3) is 0.562. The monoisotopic (exact) mass is 307 g/mol. The van der Waals surface area contributed by atoms with Gasteiger partial charge in [-0.3, -0.25) is 0 Å². The van der Waals surface area contributed by atoms with Crippen molar-refractivity contribution in [2.75, 3.05) is 36.9 Å². The van der Waals surface area contributed by atoms with Gasteiger partial charge < -0.3 is 25.4 Å². The third-order valence-corrected chi connectivity index (χ3v) is 3.28. The molecule has 0 radical (unpaired) electrons. The molecule has 1 aromatic carbocycles. The topological polar surface area (TPSA) is 76.8 Å². The Balaban J connectivity index is 2.05. The minimum atomic E-state index is -0.507. The molecule has 3 N–H and O–H groups in total. The summed E-state index contributed by atoms with van der Waals surface area (Å²) >= 11 is 0. The van der Waals surface area contributed by atoms with Gasteiger partial charge in [0.2, 0.25) is 0 Å². The molecule has 0 atom stereocenters. The first-order chi connectivity index (χ1) is 10.3. The minimum absolute atomic E-state index is 0.382. The number of carbonyl (C=O) groups excluding carboxylic acids is 1. The number of anilines is 2. The van der Waals surface area contributed by atoms with Crippen molar-refractivity contribution in [3.8, 4) is 0 Å². The van der Waals surface area contributed by atoms with Gasteiger partial charge in [-0.15, -0.1) is 0 Å². The largest absolute Gasteiger partial charge is 0.444 e. The van der Waals surface area contributed by atoms with Crippen molar-refractivity contribution >= 4 is 17.5 Å². The van der Waals surface area contributed by atoms with Crippen LogP contribution in [0.1, 0.15) is 26.3 Å². The third-order valence-electron chi connectivity index (χ3n) is 3.28. The number of benzene rings is 1. The summed E-state index contributed by atoms with van der Waals surface area (Å²) in [6, 6.07) is 5.76. The van der Waals surface area contributed by atoms with Crippen molar-refractivity contribution in [2.45, 2.75) is 32.9 Å². The number of rotatable bonds is 3. The standard InChI is InChI=1S/C16H25N3O3/c1-16(2,3)22-15(20)18-11-12-10-13(17)4-5-14(12)19-6-8-21-9-7-19/h4-5,10H,6-9,11,17H2,1-3H3,(H,18,20). The smallest absolute Gasteiger partial charge is 0.407 e. The predicted octanol–water partition coefficient (Wildman–Crippen LogP) is 2.13. The minimum Gasteiger partial charge on any atom is -0.444 e. The molecule has 1 fully saturated rings. The van der Waals surface area contributed by atoms with Gasteiger partial charge >= 0.3 is 6.09 Å². The normalized spacial score (nSPS) is 15.5. The Bertz CT molecular complexity index is 520. The van der Waals surface area contributed by atoms with Crippen LogP contribution in [-0.4, -0.2) is 38.0 Å². The molecule has 0 aromatic heterocycles. The fourth-order valence-corrected chi connectivity index (χ4v) is 2.34. The van der Waals surface area contributed by atoms with Crippen LogP contribution in [0.25, 0.3) is 0 Å². The van der Waals surface area contributed by atoms with Crippen LogP contribution < -0.4 is 16.0 Å². The third kappa shape index (κ3) is 4.80. The molecule has 1 aliphatic rings. The van der Waals surface area contributed by atoms with Crippen LogP contribution >= 0.6 is 0 Å². The summed E-state index contributed by atoms with van der Waals surface area (Å²) in [6.45, 7) is 9.00. The molecular weight excluding hydrogens is 282 g/mol. The van der Waals surface area contributed by atoms with Crippen molar-refractivity contribution in [3.63, 3.8) is 0 Å². The van der Waals surface area contributed by atoms with Crippen LogP contribution in [0, 0.1) is 0 Å². The van der Waals surface area contributed by atoms with E-state index in [1.54, 1.807) is 0 Å². The molecule has 0 spiro atoms. The summed E-state index contributed by atoms with van der Waals surface area (Å²) in [6.07, 6.45) is -0.428. The van der Waals surface area contributed by atoms with Gasteiger partial charge in [0.25, 0.3) is 0 Å². The Labute approximate surface area is 131 Å². The van der Waals surface area contributed by atoms with E-state index >= 15 is 0 Å². The number of morpholine rings is 1. The van der Waals surface area contributed by atoms with Crippen molar-refractivity contribution in [2.24, 2.45) is 0 Å². The van der Waals surface area contributed by atoms with Gasteiger partial charge in [-0.25, -0.2) is 4.79 Å². The predicted molar refractivity (Wildman–Crippen MR) is 87.0 cm³/mol. The Morgan fingerprint density at radius 1 is 1.36 bits per heavy atom. The molecule has 1 aliphatic heterocycles. The molecule has 1 saturated heterocycles. The van der Waals surface area contributed by atoms with Crippen LogP contribution in [0.2, 0.25) is 0 Å². The first-order valence-corrected chi connectivity index (χ1v) is 7.53. The lowest BCUT2D eigenvalue weighted by Crippen LogP contribution is -2.37. The fourth-order valence-electron chi connectivity index (χ4n) is 2.34. The number of hydrogen-bond acceptors (Lipinski definition) is 5. The van der Waals surface area contributed by atoms with E-state index in [2.05, 4.69) is 10.2 Å². The maximum absolute atomic E-state index is 11.8. The summed E-state index contributed by atoms with van der Waals surface area (Å²) in [7, 11) is 0. The quantitative estimate of drug-likeness (QED) is 0.837. The van der Waals surface area contributed by atoms with E-state index in [-0.39, 0.29) is 0 Å². The number of ether oxygens (including phenoxy) is 2. The zero-order valence-electron chi connectivity index (χ0n) is 13.5. The average Bonchev–Trinajstić information content (AvgIpc) is 2.44. The summed E-state index contributed by atoms with van der Waals surface area (Å²) in [4.78, 5) is 14.1. The molecule has 2 rings (SSSR count). The Kier molecular flexibility index (Phi) is 5.13. The lowest BCUT2D eigenvalue weighted by Gasteiger charge is -2.31. The summed E-state index contributed by atoms with van der Waals surface area (Å²) < 4.78 is 10.6. The number of nitrogens with two attached hydrogens (primary N) is 1. The van der Waals surface area contributed by atoms with Crippen LogP contribution in [0.15, 0.2) is 18.2 Å². The van der Waals surface area contributed by atoms with Crippen molar-refractivity contribution in [1.29, 1.82) is 0 Å². The van der Waals surface area contributed by atoms with Crippen molar-refractivity contribution < 1.29 is 14.3 Å². The molecule has 6 heteroatoms. The lowest BCUT2D eigenvalue weighted by molar-refractivity contribution is 0.0523. The van der Waals surface area contributed by atoms with Gasteiger partial charge in [-0.05, 0) is 44.5 Å². The van der Waals surface area contributed by atoms with E-state index < -0.39 is 11.7 Å². The molecule has 1 amide bonds. The molecule has 1 heterocycles. The number of amides is 1. The van der Waals surface area contributed by atoms with E-state index in [0.29, 0.717) is 25.4 Å². The second-order valence-corrected chi connectivity index (χ2v) is 6.34. The SMILES string of the molecule is CC(C)(C)OC(=O)NCc1cc(N)ccc1N1CCOCC1. The number of hydrogen-bond donors (Lipinski definition) is 2. The number of nitrogens with zero attached hydrogens (tertiary/aromatic N) is 1. The first-order valence-electron chi connectivity index (χ1n) is 7.53. The Morgan fingerprint density at radius 3 is 2.68 bits per heavy atom. The van der Waals surface area contributed by atoms with Crippen LogP contribution in [0.4, 0.5) is 16.2 Å². The first kappa shape index (κ1) is 16.4. The van der Waals surface area contributed by atoms with Gasteiger partial charge in [-0.1, -0.05) is 0 Å². The van der Waals surface area contributed by atoms with Crippen LogP contribution in [0.3, 0.4) is 0 Å². The molecule has 0 saturated carbocycles. The molecule has 1 aromatic rings. The van der Waals surface area contributed by atoms with Crippen LogP contribution in [0.5, 0.6) is 0 Å². The van der Waals surface area contributed by atoms with E-state index in [9.17, 15) is 4.79 Å². The molecule has 0 bridgehead atoms. The molecule has 0 aliphatic carbocycles. The highest BCUT2D eigenvalue weighted by molar-refractivity contribution is 5.69. The maximum atomic E-state index is 11.8. The van der Waals surface area contributed by atoms with Gasteiger partial charge in [0.05, 0.1) is 13.2 Å². The number of nitrogens with one attached hydrogen (secondary N) is 1. The van der Waals surface area contributed by atoms with E-state index in [0.717, 1.165) is 24.3 Å². The number of alkyl carbamates (subject to hydrolysis) is 1. The summed E-state index contributed by atoms with van der Waals surface area (Å²) in [5, 5.41) is 2.79. The number of nitrogen functional groups attached to an aromatic ring is 1. The van der Waals surface area contributed by atoms with Crippen molar-refractivity contribution in [3.05, 3.63) is 23.8 Å². The summed E-state index contributed by atoms with van der Waals surface area (Å²) in [5.74, 6) is 0. The highest BCUT2D eigenvalue weighted by Crippen LogP contribution is 2.24. The lowest BCUT2D eigenvalue weighted by atomic mass is 10.1. The highest BCUT2D eigenvalue weighted by Gasteiger charge is 2.18. The van der Waals surface area contributed by atoms with Crippen molar-refractivity contribution in [1.82, 2.24) is 5.32 Å². The highest BCUT2D eigenvalue weighted by atomic mass is 16.6. The average molecular weight is 307 g/mol. The van der Waals surface area contributed by atoms with Gasteiger partial charge in [0.1, 0.15) is 5.60 Å². The van der Waals surface area contributed by atoms with E-state index in [4.69, 9.17) is 15.2 Å². The van der Waals surface area contributed by atoms with Gasteiger partial charge in [-0.2, -0.15) is 0 Å². The molecule has 122 valence electrons. The molecule has 6 nitrogen and oxygen atoms in total. The zero-order valence-corrected chi connectivity index (χ0v) is 13.5. The number of carbonyl (C=O) groups is 1. The zero-order chi connectivity index (χ0) is 16.2. The molecular formula is C16H25N3O3.